The number of hydrogen-bond acceptors (Lipinski definition) is 3. The number of anilines is 1. The smallest absolute Gasteiger partial charge is 0.199 e. The molecule has 2 aromatic heterocycles. The molecule has 96 valence electrons. The largest absolute Gasteiger partial charge is 0.494 e. The number of hydrogen-bond donors (Lipinski definition) is 3. The van der Waals surface area contributed by atoms with Gasteiger partial charge in [0.15, 0.2) is 5.88 Å². The minimum absolute atomic E-state index is 0.123. The summed E-state index contributed by atoms with van der Waals surface area (Å²) in [6.07, 6.45) is 2.78. The van der Waals surface area contributed by atoms with E-state index in [-0.39, 0.29) is 5.88 Å². The number of pyridine rings is 1. The van der Waals surface area contributed by atoms with Crippen LogP contribution in [0.4, 0.5) is 5.69 Å². The number of nitrogen functional groups attached to an aromatic ring is 1. The minimum Gasteiger partial charge on any atom is -0.494 e. The van der Waals surface area contributed by atoms with E-state index in [1.54, 1.807) is 6.07 Å². The molecule has 0 saturated carbocycles. The van der Waals surface area contributed by atoms with Crippen LogP contribution in [0.3, 0.4) is 0 Å². The molecule has 4 nitrogen and oxygen atoms in total. The van der Waals surface area contributed by atoms with Crippen molar-refractivity contribution in [1.82, 2.24) is 9.97 Å². The molecule has 19 heavy (non-hydrogen) atoms. The summed E-state index contributed by atoms with van der Waals surface area (Å²) in [4.78, 5) is 7.35. The van der Waals surface area contributed by atoms with Gasteiger partial charge in [-0.2, -0.15) is 0 Å². The average molecular weight is 253 g/mol. The van der Waals surface area contributed by atoms with Crippen LogP contribution in [0.15, 0.2) is 36.5 Å². The predicted molar refractivity (Wildman–Crippen MR) is 77.0 cm³/mol. The second-order valence-corrected chi connectivity index (χ2v) is 4.56. The third kappa shape index (κ3) is 1.91. The lowest BCUT2D eigenvalue weighted by Crippen LogP contribution is -1.87. The Bertz CT molecular complexity index is 729. The van der Waals surface area contributed by atoms with Crippen LogP contribution in [0.1, 0.15) is 12.5 Å². The van der Waals surface area contributed by atoms with Gasteiger partial charge < -0.3 is 15.8 Å². The Kier molecular flexibility index (Phi) is 2.63. The van der Waals surface area contributed by atoms with Gasteiger partial charge in [-0.15, -0.1) is 0 Å². The van der Waals surface area contributed by atoms with Crippen LogP contribution < -0.4 is 5.73 Å². The first-order chi connectivity index (χ1) is 9.19. The first-order valence-electron chi connectivity index (χ1n) is 6.24. The minimum atomic E-state index is 0.123. The van der Waals surface area contributed by atoms with Crippen LogP contribution in [0.25, 0.3) is 22.2 Å². The fourth-order valence-corrected chi connectivity index (χ4v) is 2.24. The van der Waals surface area contributed by atoms with Gasteiger partial charge in [-0.3, -0.25) is 4.98 Å². The maximum atomic E-state index is 10.1. The molecule has 0 aliphatic carbocycles. The van der Waals surface area contributed by atoms with Gasteiger partial charge in [0, 0.05) is 22.8 Å². The number of aromatic hydroxyl groups is 1. The Morgan fingerprint density at radius 2 is 2.11 bits per heavy atom. The maximum absolute atomic E-state index is 10.1. The number of fused-ring (bicyclic) bond motifs is 1. The van der Waals surface area contributed by atoms with Gasteiger partial charge in [0.25, 0.3) is 0 Å². The highest BCUT2D eigenvalue weighted by Gasteiger charge is 2.14. The van der Waals surface area contributed by atoms with E-state index in [0.717, 1.165) is 23.0 Å². The van der Waals surface area contributed by atoms with Crippen molar-refractivity contribution in [2.45, 2.75) is 13.3 Å². The zero-order valence-corrected chi connectivity index (χ0v) is 10.6. The molecule has 0 aliphatic heterocycles. The molecule has 3 aromatic rings. The lowest BCUT2D eigenvalue weighted by Gasteiger charge is -2.02. The van der Waals surface area contributed by atoms with Gasteiger partial charge in [-0.05, 0) is 36.2 Å². The normalized spacial score (nSPS) is 11.0. The van der Waals surface area contributed by atoms with Crippen LogP contribution >= 0.6 is 0 Å². The summed E-state index contributed by atoms with van der Waals surface area (Å²) in [5.74, 6) is 0.123. The van der Waals surface area contributed by atoms with Crippen molar-refractivity contribution in [1.29, 1.82) is 0 Å². The van der Waals surface area contributed by atoms with Gasteiger partial charge in [-0.1, -0.05) is 13.0 Å². The Labute approximate surface area is 110 Å². The van der Waals surface area contributed by atoms with Crippen molar-refractivity contribution in [3.05, 3.63) is 42.1 Å². The van der Waals surface area contributed by atoms with E-state index in [4.69, 9.17) is 5.73 Å². The number of benzene rings is 1. The summed E-state index contributed by atoms with van der Waals surface area (Å²) in [7, 11) is 0. The quantitative estimate of drug-likeness (QED) is 0.614. The Hall–Kier alpha value is -2.49. The lowest BCUT2D eigenvalue weighted by molar-refractivity contribution is 0.460. The van der Waals surface area contributed by atoms with Crippen molar-refractivity contribution in [3.8, 4) is 17.1 Å². The molecule has 1 aromatic carbocycles. The molecular weight excluding hydrogens is 238 g/mol. The van der Waals surface area contributed by atoms with Gasteiger partial charge >= 0.3 is 0 Å². The third-order valence-electron chi connectivity index (χ3n) is 3.29. The molecule has 3 rings (SSSR count). The van der Waals surface area contributed by atoms with Crippen molar-refractivity contribution >= 4 is 16.6 Å². The Morgan fingerprint density at radius 3 is 2.79 bits per heavy atom. The van der Waals surface area contributed by atoms with E-state index < -0.39 is 0 Å². The summed E-state index contributed by atoms with van der Waals surface area (Å²) < 4.78 is 0. The number of nitrogens with zero attached hydrogens (tertiary/aromatic N) is 1. The van der Waals surface area contributed by atoms with E-state index in [2.05, 4.69) is 16.9 Å². The molecule has 0 atom stereocenters. The Balaban J connectivity index is 2.22. The highest BCUT2D eigenvalue weighted by Crippen LogP contribution is 2.36. The first kappa shape index (κ1) is 11.6. The second-order valence-electron chi connectivity index (χ2n) is 4.56. The van der Waals surface area contributed by atoms with Crippen molar-refractivity contribution in [2.75, 3.05) is 5.73 Å². The van der Waals surface area contributed by atoms with E-state index in [1.165, 1.54) is 5.56 Å². The maximum Gasteiger partial charge on any atom is 0.199 e. The molecule has 4 heteroatoms. The summed E-state index contributed by atoms with van der Waals surface area (Å²) in [5.41, 5.74) is 9.93. The molecule has 0 radical (unpaired) electrons. The Morgan fingerprint density at radius 1 is 1.26 bits per heavy atom. The van der Waals surface area contributed by atoms with E-state index in [1.807, 2.05) is 30.5 Å². The van der Waals surface area contributed by atoms with Gasteiger partial charge in [0.1, 0.15) is 0 Å². The van der Waals surface area contributed by atoms with Gasteiger partial charge in [-0.25, -0.2) is 0 Å². The predicted octanol–water partition coefficient (Wildman–Crippen LogP) is 3.08. The monoisotopic (exact) mass is 253 g/mol. The zero-order valence-electron chi connectivity index (χ0n) is 10.6. The van der Waals surface area contributed by atoms with Crippen LogP contribution in [-0.2, 0) is 6.42 Å². The zero-order chi connectivity index (χ0) is 13.4. The number of nitrogens with two attached hydrogens (primary N) is 1. The molecular formula is C15H15N3O. The van der Waals surface area contributed by atoms with Crippen molar-refractivity contribution < 1.29 is 5.11 Å². The van der Waals surface area contributed by atoms with Crippen LogP contribution in [0.5, 0.6) is 5.88 Å². The standard InChI is InChI=1S/C15H15N3O/c1-2-9-3-5-13(17-8-9)14-11-7-10(16)4-6-12(11)18-15(14)19/h3-8,18-19H,2,16H2,1H3. The number of rotatable bonds is 2. The second kappa shape index (κ2) is 4.31. The molecule has 0 fully saturated rings. The SMILES string of the molecule is CCc1ccc(-c2c(O)[nH]c3ccc(N)cc23)nc1. The highest BCUT2D eigenvalue weighted by molar-refractivity contribution is 5.99. The summed E-state index contributed by atoms with van der Waals surface area (Å²) in [6.45, 7) is 2.08. The van der Waals surface area contributed by atoms with Gasteiger partial charge in [0.2, 0.25) is 0 Å². The van der Waals surface area contributed by atoms with E-state index in [9.17, 15) is 5.11 Å². The van der Waals surface area contributed by atoms with E-state index >= 15 is 0 Å². The molecule has 0 amide bonds. The first-order valence-corrected chi connectivity index (χ1v) is 6.24. The van der Waals surface area contributed by atoms with E-state index in [0.29, 0.717) is 11.3 Å². The molecule has 0 bridgehead atoms. The fourth-order valence-electron chi connectivity index (χ4n) is 2.24. The number of aromatic nitrogens is 2. The molecule has 2 heterocycles. The molecule has 0 unspecified atom stereocenters. The number of nitrogens with one attached hydrogen (secondary N) is 1. The van der Waals surface area contributed by atoms with Gasteiger partial charge in [0.05, 0.1) is 11.3 Å². The van der Waals surface area contributed by atoms with Crippen molar-refractivity contribution in [2.24, 2.45) is 0 Å². The third-order valence-corrected chi connectivity index (χ3v) is 3.29. The number of aryl methyl sites for hydroxylation is 1. The topological polar surface area (TPSA) is 74.9 Å². The van der Waals surface area contributed by atoms with Crippen molar-refractivity contribution in [3.63, 3.8) is 0 Å². The highest BCUT2D eigenvalue weighted by atomic mass is 16.3. The fraction of sp³-hybridized carbons (Fsp3) is 0.133. The van der Waals surface area contributed by atoms with Crippen LogP contribution in [-0.4, -0.2) is 15.1 Å². The van der Waals surface area contributed by atoms with Crippen LogP contribution in [0.2, 0.25) is 0 Å². The average Bonchev–Trinajstić information content (AvgIpc) is 2.74. The van der Waals surface area contributed by atoms with Crippen LogP contribution in [0, 0.1) is 0 Å². The summed E-state index contributed by atoms with van der Waals surface area (Å²) >= 11 is 0. The number of H-pyrrole nitrogens is 1. The number of aromatic amines is 1. The molecule has 0 spiro atoms. The molecule has 4 N–H and O–H groups in total. The summed E-state index contributed by atoms with van der Waals surface area (Å²) in [5, 5.41) is 11.0. The molecule has 0 aliphatic rings. The summed E-state index contributed by atoms with van der Waals surface area (Å²) in [6, 6.07) is 9.44. The molecule has 0 saturated heterocycles. The lowest BCUT2D eigenvalue weighted by atomic mass is 10.1.